The van der Waals surface area contributed by atoms with Gasteiger partial charge in [-0.05, 0) is 51.8 Å². The van der Waals surface area contributed by atoms with Crippen LogP contribution in [0.1, 0.15) is 39.2 Å². The molecule has 5 heteroatoms. The number of aliphatic hydroxyl groups excluding tert-OH is 1. The number of nitrogens with zero attached hydrogens (tertiary/aromatic N) is 1. The molecule has 1 heterocycles. The van der Waals surface area contributed by atoms with Crippen LogP contribution in [0.25, 0.3) is 0 Å². The first kappa shape index (κ1) is 16.8. The van der Waals surface area contributed by atoms with Crippen molar-refractivity contribution in [3.05, 3.63) is 23.8 Å². The number of hydrogen-bond acceptors (Lipinski definition) is 4. The van der Waals surface area contributed by atoms with Crippen LogP contribution in [0.15, 0.2) is 18.2 Å². The summed E-state index contributed by atoms with van der Waals surface area (Å²) in [5.74, 6) is 0.602. The number of amides is 1. The maximum Gasteiger partial charge on any atom is 0.241 e. The predicted octanol–water partition coefficient (Wildman–Crippen LogP) is 2.39. The number of aliphatic hydroxyl groups is 1. The van der Waals surface area contributed by atoms with Gasteiger partial charge in [-0.3, -0.25) is 9.69 Å². The quantitative estimate of drug-likeness (QED) is 0.877. The SMILES string of the molecule is COc1ccc(NC(=O)[C@H](C)N2[C@H](C)CC[C@H]2C)cc1CO. The average molecular weight is 306 g/mol. The van der Waals surface area contributed by atoms with Crippen LogP contribution in [-0.2, 0) is 11.4 Å². The van der Waals surface area contributed by atoms with E-state index in [9.17, 15) is 9.90 Å². The smallest absolute Gasteiger partial charge is 0.241 e. The molecule has 1 saturated heterocycles. The summed E-state index contributed by atoms with van der Waals surface area (Å²) in [5.41, 5.74) is 1.34. The van der Waals surface area contributed by atoms with E-state index in [2.05, 4.69) is 24.1 Å². The molecule has 1 aromatic rings. The zero-order chi connectivity index (χ0) is 16.3. The summed E-state index contributed by atoms with van der Waals surface area (Å²) in [6.07, 6.45) is 2.27. The van der Waals surface area contributed by atoms with Crippen molar-refractivity contribution in [2.45, 2.75) is 58.3 Å². The number of rotatable bonds is 5. The molecule has 5 nitrogen and oxygen atoms in total. The number of likely N-dealkylation sites (tertiary alicyclic amines) is 1. The topological polar surface area (TPSA) is 61.8 Å². The lowest BCUT2D eigenvalue weighted by Crippen LogP contribution is -2.46. The molecule has 1 amide bonds. The Labute approximate surface area is 132 Å². The number of carbonyl (C=O) groups is 1. The van der Waals surface area contributed by atoms with E-state index in [0.29, 0.717) is 29.1 Å². The molecule has 1 aromatic carbocycles. The highest BCUT2D eigenvalue weighted by molar-refractivity contribution is 5.94. The maximum absolute atomic E-state index is 12.5. The van der Waals surface area contributed by atoms with Crippen LogP contribution in [0.4, 0.5) is 5.69 Å². The van der Waals surface area contributed by atoms with Crippen molar-refractivity contribution in [2.75, 3.05) is 12.4 Å². The van der Waals surface area contributed by atoms with Crippen LogP contribution >= 0.6 is 0 Å². The third-order valence-corrected chi connectivity index (χ3v) is 4.57. The maximum atomic E-state index is 12.5. The second-order valence-electron chi connectivity index (χ2n) is 6.07. The van der Waals surface area contributed by atoms with Gasteiger partial charge in [0, 0.05) is 23.3 Å². The molecule has 3 atom stereocenters. The molecule has 0 bridgehead atoms. The highest BCUT2D eigenvalue weighted by atomic mass is 16.5. The van der Waals surface area contributed by atoms with Gasteiger partial charge in [0.1, 0.15) is 5.75 Å². The van der Waals surface area contributed by atoms with Crippen molar-refractivity contribution in [2.24, 2.45) is 0 Å². The molecule has 1 aliphatic heterocycles. The summed E-state index contributed by atoms with van der Waals surface area (Å²) in [5, 5.41) is 12.3. The number of methoxy groups -OCH3 is 1. The number of nitrogens with one attached hydrogen (secondary N) is 1. The molecule has 0 spiro atoms. The van der Waals surface area contributed by atoms with E-state index in [1.807, 2.05) is 6.92 Å². The van der Waals surface area contributed by atoms with Crippen LogP contribution < -0.4 is 10.1 Å². The summed E-state index contributed by atoms with van der Waals surface area (Å²) in [7, 11) is 1.56. The third-order valence-electron chi connectivity index (χ3n) is 4.57. The minimum Gasteiger partial charge on any atom is -0.496 e. The Morgan fingerprint density at radius 1 is 1.41 bits per heavy atom. The molecule has 0 unspecified atom stereocenters. The van der Waals surface area contributed by atoms with E-state index in [1.165, 1.54) is 0 Å². The summed E-state index contributed by atoms with van der Waals surface area (Å²) < 4.78 is 5.17. The van der Waals surface area contributed by atoms with Crippen LogP contribution in [0.2, 0.25) is 0 Å². The van der Waals surface area contributed by atoms with Crippen molar-refractivity contribution < 1.29 is 14.6 Å². The molecule has 2 rings (SSSR count). The molecule has 0 radical (unpaired) electrons. The lowest BCUT2D eigenvalue weighted by atomic mass is 10.1. The van der Waals surface area contributed by atoms with Crippen LogP contribution in [0.5, 0.6) is 5.75 Å². The number of benzene rings is 1. The lowest BCUT2D eigenvalue weighted by Gasteiger charge is -2.31. The molecule has 0 aliphatic carbocycles. The Morgan fingerprint density at radius 2 is 2.05 bits per heavy atom. The van der Waals surface area contributed by atoms with Crippen LogP contribution in [-0.4, -0.2) is 41.1 Å². The van der Waals surface area contributed by atoms with Gasteiger partial charge in [-0.2, -0.15) is 0 Å². The molecule has 0 aromatic heterocycles. The number of ether oxygens (including phenoxy) is 1. The Balaban J connectivity index is 2.08. The fraction of sp³-hybridized carbons (Fsp3) is 0.588. The van der Waals surface area contributed by atoms with Gasteiger partial charge in [0.2, 0.25) is 5.91 Å². The first-order chi connectivity index (χ1) is 10.5. The third kappa shape index (κ3) is 3.42. The van der Waals surface area contributed by atoms with Gasteiger partial charge in [0.25, 0.3) is 0 Å². The van der Waals surface area contributed by atoms with Gasteiger partial charge >= 0.3 is 0 Å². The Morgan fingerprint density at radius 3 is 2.59 bits per heavy atom. The number of anilines is 1. The van der Waals surface area contributed by atoms with Gasteiger partial charge in [0.05, 0.1) is 19.8 Å². The largest absolute Gasteiger partial charge is 0.496 e. The summed E-state index contributed by atoms with van der Waals surface area (Å²) >= 11 is 0. The highest BCUT2D eigenvalue weighted by Crippen LogP contribution is 2.27. The van der Waals surface area contributed by atoms with E-state index in [0.717, 1.165) is 12.8 Å². The Kier molecular flexibility index (Phi) is 5.42. The van der Waals surface area contributed by atoms with Crippen molar-refractivity contribution in [3.8, 4) is 5.75 Å². The second kappa shape index (κ2) is 7.11. The van der Waals surface area contributed by atoms with Gasteiger partial charge in [-0.25, -0.2) is 0 Å². The van der Waals surface area contributed by atoms with Crippen molar-refractivity contribution >= 4 is 11.6 Å². The Hall–Kier alpha value is -1.59. The summed E-state index contributed by atoms with van der Waals surface area (Å²) in [6, 6.07) is 5.98. The monoisotopic (exact) mass is 306 g/mol. The first-order valence-electron chi connectivity index (χ1n) is 7.84. The zero-order valence-corrected chi connectivity index (χ0v) is 13.8. The number of carbonyl (C=O) groups excluding carboxylic acids is 1. The van der Waals surface area contributed by atoms with Crippen molar-refractivity contribution in [3.63, 3.8) is 0 Å². The first-order valence-corrected chi connectivity index (χ1v) is 7.84. The van der Waals surface area contributed by atoms with E-state index in [1.54, 1.807) is 25.3 Å². The van der Waals surface area contributed by atoms with Crippen molar-refractivity contribution in [1.29, 1.82) is 0 Å². The fourth-order valence-corrected chi connectivity index (χ4v) is 3.34. The van der Waals surface area contributed by atoms with E-state index in [-0.39, 0.29) is 18.6 Å². The highest BCUT2D eigenvalue weighted by Gasteiger charge is 2.34. The van der Waals surface area contributed by atoms with Gasteiger partial charge in [-0.15, -0.1) is 0 Å². The molecule has 122 valence electrons. The number of hydrogen-bond donors (Lipinski definition) is 2. The van der Waals surface area contributed by atoms with Gasteiger partial charge in [-0.1, -0.05) is 0 Å². The van der Waals surface area contributed by atoms with E-state index in [4.69, 9.17) is 4.74 Å². The van der Waals surface area contributed by atoms with Gasteiger partial charge < -0.3 is 15.2 Å². The lowest BCUT2D eigenvalue weighted by molar-refractivity contribution is -0.121. The van der Waals surface area contributed by atoms with Crippen LogP contribution in [0.3, 0.4) is 0 Å². The Bertz CT molecular complexity index is 523. The molecule has 0 saturated carbocycles. The normalized spacial score (nSPS) is 23.3. The van der Waals surface area contributed by atoms with Crippen LogP contribution in [0, 0.1) is 0 Å². The van der Waals surface area contributed by atoms with E-state index >= 15 is 0 Å². The molecule has 2 N–H and O–H groups in total. The fourth-order valence-electron chi connectivity index (χ4n) is 3.34. The molecule has 1 fully saturated rings. The van der Waals surface area contributed by atoms with Gasteiger partial charge in [0.15, 0.2) is 0 Å². The molecular weight excluding hydrogens is 280 g/mol. The van der Waals surface area contributed by atoms with E-state index < -0.39 is 0 Å². The summed E-state index contributed by atoms with van der Waals surface area (Å²) in [4.78, 5) is 14.8. The average Bonchev–Trinajstić information content (AvgIpc) is 2.85. The second-order valence-corrected chi connectivity index (χ2v) is 6.07. The standard InChI is InChI=1S/C17H26N2O3/c1-11-5-6-12(2)19(11)13(3)17(21)18-15-7-8-16(22-4)14(9-15)10-20/h7-9,11-13,20H,5-6,10H2,1-4H3,(H,18,21)/t11-,12-,13+/m1/s1. The van der Waals surface area contributed by atoms with Crippen molar-refractivity contribution in [1.82, 2.24) is 4.90 Å². The minimum atomic E-state index is -0.174. The molecule has 22 heavy (non-hydrogen) atoms. The zero-order valence-electron chi connectivity index (χ0n) is 13.8. The predicted molar refractivity (Wildman–Crippen MR) is 87.0 cm³/mol. The molecule has 1 aliphatic rings. The summed E-state index contributed by atoms with van der Waals surface area (Å²) in [6.45, 7) is 6.17. The minimum absolute atomic E-state index is 0.0188. The molecular formula is C17H26N2O3.